The first-order valence-corrected chi connectivity index (χ1v) is 8.33. The van der Waals surface area contributed by atoms with Gasteiger partial charge in [-0.05, 0) is 18.2 Å². The number of carbonyl (C=O) groups excluding carboxylic acids is 2. The molecule has 8 nitrogen and oxygen atoms in total. The topological polar surface area (TPSA) is 110 Å². The molecule has 2 amide bonds. The summed E-state index contributed by atoms with van der Waals surface area (Å²) in [6.07, 6.45) is -0.568. The number of cyclic esters (lactones) is 1. The van der Waals surface area contributed by atoms with E-state index < -0.39 is 21.4 Å². The summed E-state index contributed by atoms with van der Waals surface area (Å²) in [4.78, 5) is 26.4. The predicted molar refractivity (Wildman–Crippen MR) is 79.0 cm³/mol. The van der Waals surface area contributed by atoms with Crippen molar-refractivity contribution in [1.29, 1.82) is 0 Å². The maximum atomic E-state index is 12.0. The Bertz CT molecular complexity index is 733. The van der Waals surface area contributed by atoms with Crippen LogP contribution in [0, 0.1) is 0 Å². The van der Waals surface area contributed by atoms with Crippen molar-refractivity contribution < 1.29 is 22.7 Å². The van der Waals surface area contributed by atoms with E-state index >= 15 is 0 Å². The zero-order valence-corrected chi connectivity index (χ0v) is 12.5. The van der Waals surface area contributed by atoms with Crippen molar-refractivity contribution in [3.05, 3.63) is 24.3 Å². The van der Waals surface area contributed by atoms with Gasteiger partial charge in [0, 0.05) is 24.3 Å². The highest BCUT2D eigenvalue weighted by molar-refractivity contribution is 7.89. The number of hydrogen-bond acceptors (Lipinski definition) is 5. The summed E-state index contributed by atoms with van der Waals surface area (Å²) in [5.74, 6) is -0.305. The summed E-state index contributed by atoms with van der Waals surface area (Å²) in [7, 11) is -3.76. The fraction of sp³-hybridized carbons (Fsp3) is 0.385. The van der Waals surface area contributed by atoms with Gasteiger partial charge in [-0.3, -0.25) is 9.69 Å². The normalized spacial score (nSPS) is 22.3. The second kappa shape index (κ2) is 5.25. The molecule has 2 heterocycles. The van der Waals surface area contributed by atoms with Crippen molar-refractivity contribution in [3.63, 3.8) is 0 Å². The molecule has 1 atom stereocenters. The van der Waals surface area contributed by atoms with Crippen LogP contribution in [0.15, 0.2) is 24.3 Å². The van der Waals surface area contributed by atoms with Crippen LogP contribution in [0.5, 0.6) is 0 Å². The van der Waals surface area contributed by atoms with E-state index in [1.54, 1.807) is 24.3 Å². The molecule has 0 aliphatic carbocycles. The fourth-order valence-corrected chi connectivity index (χ4v) is 3.33. The number of nitrogens with zero attached hydrogens (tertiary/aromatic N) is 2. The smallest absolute Gasteiger partial charge is 0.414 e. The summed E-state index contributed by atoms with van der Waals surface area (Å²) in [5.41, 5.74) is 1.14. The number of rotatable bonds is 3. The lowest BCUT2D eigenvalue weighted by Crippen LogP contribution is -2.32. The van der Waals surface area contributed by atoms with Gasteiger partial charge >= 0.3 is 6.09 Å². The molecule has 0 spiro atoms. The Kier molecular flexibility index (Phi) is 3.53. The van der Waals surface area contributed by atoms with Gasteiger partial charge in [-0.25, -0.2) is 18.4 Å². The Balaban J connectivity index is 1.87. The number of benzene rings is 1. The maximum Gasteiger partial charge on any atom is 0.414 e. The van der Waals surface area contributed by atoms with Crippen molar-refractivity contribution in [1.82, 2.24) is 0 Å². The molecule has 1 aromatic rings. The summed E-state index contributed by atoms with van der Waals surface area (Å²) < 4.78 is 27.7. The fourth-order valence-electron chi connectivity index (χ4n) is 2.60. The first kappa shape index (κ1) is 14.8. The molecule has 0 radical (unpaired) electrons. The number of sulfonamides is 1. The maximum absolute atomic E-state index is 12.0. The van der Waals surface area contributed by atoms with Crippen LogP contribution in [0.2, 0.25) is 0 Å². The average molecular weight is 325 g/mol. The molecule has 1 aromatic carbocycles. The lowest BCUT2D eigenvalue weighted by molar-refractivity contribution is -0.117. The number of anilines is 2. The Labute approximate surface area is 127 Å². The van der Waals surface area contributed by atoms with Gasteiger partial charge in [0.1, 0.15) is 11.9 Å². The molecule has 0 saturated carbocycles. The van der Waals surface area contributed by atoms with E-state index in [0.717, 1.165) is 0 Å². The third-order valence-electron chi connectivity index (χ3n) is 3.77. The second-order valence-electron chi connectivity index (χ2n) is 5.21. The monoisotopic (exact) mass is 325 g/mol. The molecule has 2 aliphatic rings. The molecule has 2 N–H and O–H groups in total. The Morgan fingerprint density at radius 3 is 2.41 bits per heavy atom. The summed E-state index contributed by atoms with van der Waals surface area (Å²) >= 11 is 0. The number of primary sulfonamides is 1. The average Bonchev–Trinajstić information content (AvgIpc) is 3.04. The van der Waals surface area contributed by atoms with Crippen LogP contribution in [0.3, 0.4) is 0 Å². The van der Waals surface area contributed by atoms with Gasteiger partial charge in [-0.15, -0.1) is 0 Å². The molecular weight excluding hydrogens is 310 g/mol. The zero-order valence-electron chi connectivity index (χ0n) is 11.6. The highest BCUT2D eigenvalue weighted by Gasteiger charge is 2.37. The van der Waals surface area contributed by atoms with E-state index in [-0.39, 0.29) is 18.9 Å². The van der Waals surface area contributed by atoms with Crippen molar-refractivity contribution in [2.45, 2.75) is 11.7 Å². The van der Waals surface area contributed by atoms with Crippen molar-refractivity contribution in [3.8, 4) is 0 Å². The molecule has 3 rings (SSSR count). The summed E-state index contributed by atoms with van der Waals surface area (Å²) in [5, 5.41) is 4.21. The van der Waals surface area contributed by atoms with E-state index in [0.29, 0.717) is 24.5 Å². The number of carbonyl (C=O) groups is 2. The molecule has 22 heavy (non-hydrogen) atoms. The van der Waals surface area contributed by atoms with Crippen LogP contribution < -0.4 is 14.9 Å². The second-order valence-corrected chi connectivity index (χ2v) is 7.05. The van der Waals surface area contributed by atoms with Gasteiger partial charge in [0.2, 0.25) is 15.9 Å². The van der Waals surface area contributed by atoms with Gasteiger partial charge in [0.25, 0.3) is 0 Å². The molecule has 2 saturated heterocycles. The van der Waals surface area contributed by atoms with Crippen molar-refractivity contribution in [2.24, 2.45) is 5.14 Å². The minimum Gasteiger partial charge on any atom is -0.447 e. The van der Waals surface area contributed by atoms with Crippen LogP contribution in [0.25, 0.3) is 0 Å². The first-order chi connectivity index (χ1) is 10.4. The molecule has 1 unspecified atom stereocenters. The quantitative estimate of drug-likeness (QED) is 0.843. The van der Waals surface area contributed by atoms with Gasteiger partial charge in [-0.2, -0.15) is 0 Å². The molecule has 118 valence electrons. The van der Waals surface area contributed by atoms with Crippen LogP contribution in [-0.4, -0.2) is 45.4 Å². The Morgan fingerprint density at radius 2 is 1.86 bits per heavy atom. The zero-order chi connectivity index (χ0) is 15.9. The van der Waals surface area contributed by atoms with Crippen LogP contribution in [-0.2, 0) is 19.6 Å². The highest BCUT2D eigenvalue weighted by Crippen LogP contribution is 2.28. The Morgan fingerprint density at radius 1 is 1.18 bits per heavy atom. The van der Waals surface area contributed by atoms with Gasteiger partial charge in [-0.1, -0.05) is 6.07 Å². The highest BCUT2D eigenvalue weighted by atomic mass is 32.2. The molecule has 0 aromatic heterocycles. The lowest BCUT2D eigenvalue weighted by atomic mass is 10.2. The van der Waals surface area contributed by atoms with E-state index in [1.165, 1.54) is 9.80 Å². The lowest BCUT2D eigenvalue weighted by Gasteiger charge is -2.19. The third-order valence-corrected chi connectivity index (χ3v) is 5.01. The minimum absolute atomic E-state index is 0.0194. The predicted octanol–water partition coefficient (Wildman–Crippen LogP) is 0.0370. The SMILES string of the molecule is NS(=O)(=O)C1CC(=O)N(c2cccc(N3CCOC3=O)c2)C1. The van der Waals surface area contributed by atoms with Gasteiger partial charge in [0.15, 0.2) is 0 Å². The van der Waals surface area contributed by atoms with E-state index in [9.17, 15) is 18.0 Å². The molecule has 9 heteroatoms. The molecule has 0 bridgehead atoms. The third kappa shape index (κ3) is 2.64. The minimum atomic E-state index is -3.76. The largest absolute Gasteiger partial charge is 0.447 e. The number of nitrogens with two attached hydrogens (primary N) is 1. The molecule has 2 aliphatic heterocycles. The van der Waals surface area contributed by atoms with Crippen LogP contribution >= 0.6 is 0 Å². The van der Waals surface area contributed by atoms with Gasteiger partial charge in [0.05, 0.1) is 6.54 Å². The molecular formula is C13H15N3O5S. The van der Waals surface area contributed by atoms with Crippen molar-refractivity contribution in [2.75, 3.05) is 29.5 Å². The number of ether oxygens (including phenoxy) is 1. The van der Waals surface area contributed by atoms with Crippen LogP contribution in [0.1, 0.15) is 6.42 Å². The van der Waals surface area contributed by atoms with E-state index in [2.05, 4.69) is 0 Å². The standard InChI is InChI=1S/C13H15N3O5S/c14-22(19,20)11-7-12(17)16(8-11)10-3-1-2-9(6-10)15-4-5-21-13(15)18/h1-3,6,11H,4-5,7-8H2,(H2,14,19,20). The number of hydrogen-bond donors (Lipinski definition) is 1. The van der Waals surface area contributed by atoms with E-state index in [4.69, 9.17) is 9.88 Å². The number of amides is 2. The summed E-state index contributed by atoms with van der Waals surface area (Å²) in [6.45, 7) is 0.779. The Hall–Kier alpha value is -2.13. The molecule has 2 fully saturated rings. The van der Waals surface area contributed by atoms with E-state index in [1.807, 2.05) is 0 Å². The first-order valence-electron chi connectivity index (χ1n) is 6.72. The van der Waals surface area contributed by atoms with Crippen molar-refractivity contribution >= 4 is 33.4 Å². The summed E-state index contributed by atoms with van der Waals surface area (Å²) in [6, 6.07) is 6.78. The van der Waals surface area contributed by atoms with Gasteiger partial charge < -0.3 is 9.64 Å². The van der Waals surface area contributed by atoms with Crippen LogP contribution in [0.4, 0.5) is 16.2 Å².